The van der Waals surface area contributed by atoms with E-state index in [1.165, 1.54) is 19.2 Å². The molecule has 2 N–H and O–H groups in total. The van der Waals surface area contributed by atoms with Crippen LogP contribution in [0.25, 0.3) is 10.9 Å². The van der Waals surface area contributed by atoms with Crippen LogP contribution in [0.3, 0.4) is 0 Å². The average Bonchev–Trinajstić information content (AvgIpc) is 3.05. The van der Waals surface area contributed by atoms with E-state index in [1.54, 1.807) is 50.4 Å². The number of aromatic nitrogens is 1. The van der Waals surface area contributed by atoms with Crippen molar-refractivity contribution in [3.05, 3.63) is 65.6 Å². The molecule has 1 heterocycles. The summed E-state index contributed by atoms with van der Waals surface area (Å²) in [4.78, 5) is 27.4. The van der Waals surface area contributed by atoms with Gasteiger partial charge < -0.3 is 15.0 Å². The molecule has 0 atom stereocenters. The molecule has 0 radical (unpaired) electrons. The number of amides is 1. The van der Waals surface area contributed by atoms with Crippen LogP contribution < -0.4 is 5.32 Å². The molecule has 0 unspecified atom stereocenters. The third-order valence-corrected chi connectivity index (χ3v) is 4.45. The topological polar surface area (TPSA) is 71.2 Å². The fourth-order valence-electron chi connectivity index (χ4n) is 2.83. The van der Waals surface area contributed by atoms with Gasteiger partial charge >= 0.3 is 5.97 Å². The molecule has 5 nitrogen and oxygen atoms in total. The Morgan fingerprint density at radius 2 is 1.81 bits per heavy atom. The van der Waals surface area contributed by atoms with Crippen LogP contribution in [-0.2, 0) is 14.9 Å². The Hall–Kier alpha value is -3.15. The fraction of sp³-hybridized carbons (Fsp3) is 0.200. The van der Waals surface area contributed by atoms with E-state index < -0.39 is 11.4 Å². The number of anilines is 1. The first-order chi connectivity index (χ1) is 12.3. The van der Waals surface area contributed by atoms with Crippen LogP contribution in [0.5, 0.6) is 0 Å². The summed E-state index contributed by atoms with van der Waals surface area (Å²) in [6, 6.07) is 10.9. The Bertz CT molecular complexity index is 974. The molecule has 26 heavy (non-hydrogen) atoms. The zero-order chi connectivity index (χ0) is 18.9. The van der Waals surface area contributed by atoms with Crippen LogP contribution >= 0.6 is 0 Å². The van der Waals surface area contributed by atoms with E-state index in [9.17, 15) is 14.0 Å². The Kier molecular flexibility index (Phi) is 4.50. The zero-order valence-electron chi connectivity index (χ0n) is 14.7. The Labute approximate surface area is 150 Å². The van der Waals surface area contributed by atoms with Crippen LogP contribution in [0.1, 0.15) is 29.8 Å². The van der Waals surface area contributed by atoms with Crippen molar-refractivity contribution in [1.82, 2.24) is 4.98 Å². The van der Waals surface area contributed by atoms with Gasteiger partial charge in [0.15, 0.2) is 0 Å². The molecule has 0 saturated heterocycles. The van der Waals surface area contributed by atoms with E-state index in [0.29, 0.717) is 22.2 Å². The number of carbonyl (C=O) groups excluding carboxylic acids is 2. The van der Waals surface area contributed by atoms with Crippen molar-refractivity contribution in [2.75, 3.05) is 12.4 Å². The third-order valence-electron chi connectivity index (χ3n) is 4.45. The summed E-state index contributed by atoms with van der Waals surface area (Å²) >= 11 is 0. The first-order valence-corrected chi connectivity index (χ1v) is 8.10. The van der Waals surface area contributed by atoms with Crippen molar-refractivity contribution in [3.8, 4) is 0 Å². The highest BCUT2D eigenvalue weighted by Crippen LogP contribution is 2.32. The molecule has 0 fully saturated rings. The van der Waals surface area contributed by atoms with Crippen molar-refractivity contribution >= 4 is 28.5 Å². The molecule has 0 aliphatic carbocycles. The van der Waals surface area contributed by atoms with Gasteiger partial charge in [-0.25, -0.2) is 9.18 Å². The minimum absolute atomic E-state index is 0.242. The number of aromatic amines is 1. The van der Waals surface area contributed by atoms with E-state index >= 15 is 0 Å². The lowest BCUT2D eigenvalue weighted by Gasteiger charge is -2.23. The molecule has 0 saturated carbocycles. The second-order valence-electron chi connectivity index (χ2n) is 6.54. The predicted molar refractivity (Wildman–Crippen MR) is 97.7 cm³/mol. The number of hydrogen-bond acceptors (Lipinski definition) is 3. The number of carbonyl (C=O) groups is 2. The molecular weight excluding hydrogens is 335 g/mol. The number of fused-ring (bicyclic) bond motifs is 1. The minimum atomic E-state index is -0.896. The molecule has 1 amide bonds. The molecular formula is C20H19FN2O3. The van der Waals surface area contributed by atoms with Gasteiger partial charge in [-0.2, -0.15) is 0 Å². The Morgan fingerprint density at radius 1 is 1.12 bits per heavy atom. The summed E-state index contributed by atoms with van der Waals surface area (Å²) in [5.74, 6) is -1.04. The zero-order valence-corrected chi connectivity index (χ0v) is 14.7. The lowest BCUT2D eigenvalue weighted by molar-refractivity contribution is -0.120. The number of benzene rings is 2. The van der Waals surface area contributed by atoms with Crippen molar-refractivity contribution in [2.45, 2.75) is 19.3 Å². The Balaban J connectivity index is 1.85. The number of halogens is 1. The number of ether oxygens (including phenoxy) is 1. The van der Waals surface area contributed by atoms with Gasteiger partial charge in [-0.3, -0.25) is 4.79 Å². The molecule has 3 rings (SSSR count). The van der Waals surface area contributed by atoms with E-state index in [1.807, 2.05) is 0 Å². The van der Waals surface area contributed by atoms with Gasteiger partial charge in [0, 0.05) is 22.8 Å². The third kappa shape index (κ3) is 3.18. The highest BCUT2D eigenvalue weighted by Gasteiger charge is 2.32. The average molecular weight is 354 g/mol. The first-order valence-electron chi connectivity index (χ1n) is 8.10. The quantitative estimate of drug-likeness (QED) is 0.696. The maximum absolute atomic E-state index is 13.6. The summed E-state index contributed by atoms with van der Waals surface area (Å²) in [6.07, 6.45) is 1.73. The van der Waals surface area contributed by atoms with Gasteiger partial charge in [0.1, 0.15) is 5.82 Å². The van der Waals surface area contributed by atoms with Crippen molar-refractivity contribution in [2.24, 2.45) is 0 Å². The number of nitrogens with one attached hydrogen (secondary N) is 2. The maximum Gasteiger partial charge on any atom is 0.337 e. The second-order valence-corrected chi connectivity index (χ2v) is 6.54. The van der Waals surface area contributed by atoms with Gasteiger partial charge in [0.05, 0.1) is 18.1 Å². The normalized spacial score (nSPS) is 11.4. The summed E-state index contributed by atoms with van der Waals surface area (Å²) in [5, 5.41) is 3.51. The summed E-state index contributed by atoms with van der Waals surface area (Å²) in [5.41, 5.74) is 1.53. The van der Waals surface area contributed by atoms with Gasteiger partial charge in [-0.15, -0.1) is 0 Å². The van der Waals surface area contributed by atoms with Crippen LogP contribution in [0, 0.1) is 5.82 Å². The molecule has 6 heteroatoms. The number of hydrogen-bond donors (Lipinski definition) is 2. The predicted octanol–water partition coefficient (Wildman–Crippen LogP) is 4.01. The molecule has 134 valence electrons. The SMILES string of the molecule is COC(=O)c1ccc(NC(=O)C(C)(C)c2c[nH]c3ccc(F)cc23)cc1. The van der Waals surface area contributed by atoms with Gasteiger partial charge in [-0.1, -0.05) is 0 Å². The monoisotopic (exact) mass is 354 g/mol. The van der Waals surface area contributed by atoms with Gasteiger partial charge in [0.25, 0.3) is 0 Å². The minimum Gasteiger partial charge on any atom is -0.465 e. The van der Waals surface area contributed by atoms with Gasteiger partial charge in [-0.05, 0) is 61.9 Å². The molecule has 0 spiro atoms. The number of esters is 1. The maximum atomic E-state index is 13.6. The second kappa shape index (κ2) is 6.63. The Morgan fingerprint density at radius 3 is 2.46 bits per heavy atom. The van der Waals surface area contributed by atoms with Crippen molar-refractivity contribution in [1.29, 1.82) is 0 Å². The highest BCUT2D eigenvalue weighted by molar-refractivity contribution is 6.02. The van der Waals surface area contributed by atoms with E-state index in [2.05, 4.69) is 15.0 Å². The summed E-state index contributed by atoms with van der Waals surface area (Å²) in [6.45, 7) is 3.55. The largest absolute Gasteiger partial charge is 0.465 e. The fourth-order valence-corrected chi connectivity index (χ4v) is 2.83. The molecule has 0 aliphatic heterocycles. The molecule has 3 aromatic rings. The van der Waals surface area contributed by atoms with E-state index in [4.69, 9.17) is 0 Å². The molecule has 0 bridgehead atoms. The van der Waals surface area contributed by atoms with E-state index in [-0.39, 0.29) is 11.7 Å². The lowest BCUT2D eigenvalue weighted by atomic mass is 9.83. The molecule has 1 aromatic heterocycles. The van der Waals surface area contributed by atoms with Crippen LogP contribution in [-0.4, -0.2) is 24.0 Å². The van der Waals surface area contributed by atoms with Crippen LogP contribution in [0.4, 0.5) is 10.1 Å². The molecule has 0 aliphatic rings. The smallest absolute Gasteiger partial charge is 0.337 e. The van der Waals surface area contributed by atoms with Crippen LogP contribution in [0.15, 0.2) is 48.7 Å². The number of methoxy groups -OCH3 is 1. The standard InChI is InChI=1S/C20H19FN2O3/c1-20(2,16-11-22-17-9-6-13(21)10-15(16)17)19(25)23-14-7-4-12(5-8-14)18(24)26-3/h4-11,22H,1-3H3,(H,23,25). The summed E-state index contributed by atoms with van der Waals surface area (Å²) < 4.78 is 18.3. The highest BCUT2D eigenvalue weighted by atomic mass is 19.1. The lowest BCUT2D eigenvalue weighted by Crippen LogP contribution is -2.34. The first kappa shape index (κ1) is 17.7. The van der Waals surface area contributed by atoms with Crippen LogP contribution in [0.2, 0.25) is 0 Å². The number of rotatable bonds is 4. The van der Waals surface area contributed by atoms with E-state index in [0.717, 1.165) is 5.52 Å². The van der Waals surface area contributed by atoms with Gasteiger partial charge in [0.2, 0.25) is 5.91 Å². The van der Waals surface area contributed by atoms with Crippen molar-refractivity contribution < 1.29 is 18.7 Å². The molecule has 2 aromatic carbocycles. The van der Waals surface area contributed by atoms with Crippen molar-refractivity contribution in [3.63, 3.8) is 0 Å². The summed E-state index contributed by atoms with van der Waals surface area (Å²) in [7, 11) is 1.31. The number of H-pyrrole nitrogens is 1.